The van der Waals surface area contributed by atoms with E-state index in [1.54, 1.807) is 22.7 Å². The number of nitrogens with zero attached hydrogens (tertiary/aromatic N) is 3. The van der Waals surface area contributed by atoms with E-state index in [9.17, 15) is 4.79 Å². The Labute approximate surface area is 282 Å². The molecule has 8 heteroatoms. The van der Waals surface area contributed by atoms with Gasteiger partial charge in [0.25, 0.3) is 10.6 Å². The average molecular weight is 738 g/mol. The Kier molecular flexibility index (Phi) is 9.19. The second-order valence-corrected chi connectivity index (χ2v) is 14.2. The predicted molar refractivity (Wildman–Crippen MR) is 180 cm³/mol. The molecule has 0 N–H and O–H groups in total. The molecule has 0 spiro atoms. The Morgan fingerprint density at radius 3 is 2.53 bits per heavy atom. The third kappa shape index (κ3) is 5.64. The van der Waals surface area contributed by atoms with Crippen molar-refractivity contribution in [1.82, 2.24) is 4.57 Å². The summed E-state index contributed by atoms with van der Waals surface area (Å²) in [6.45, 7) is 9.04. The van der Waals surface area contributed by atoms with Gasteiger partial charge in [0.1, 0.15) is 15.9 Å². The molecule has 0 radical (unpaired) electrons. The van der Waals surface area contributed by atoms with Crippen molar-refractivity contribution >= 4 is 62.0 Å². The zero-order valence-electron chi connectivity index (χ0n) is 24.8. The zero-order valence-corrected chi connectivity index (χ0v) is 29.4. The molecule has 1 atom stereocenters. The number of aryl methyl sites for hydroxylation is 1. The largest absolute Gasteiger partial charge is 1.00 e. The van der Waals surface area contributed by atoms with Crippen LogP contribution in [0.4, 0.5) is 5.69 Å². The minimum absolute atomic E-state index is 0. The number of thiazole rings is 2. The first kappa shape index (κ1) is 30.6. The van der Waals surface area contributed by atoms with E-state index >= 15 is 0 Å². The molecule has 2 aromatic heterocycles. The number of fused-ring (bicyclic) bond motifs is 3. The number of aromatic nitrogens is 2. The summed E-state index contributed by atoms with van der Waals surface area (Å²) in [6.07, 6.45) is 13.8. The monoisotopic (exact) mass is 737 g/mol. The minimum atomic E-state index is 0. The third-order valence-corrected chi connectivity index (χ3v) is 12.1. The Hall–Kier alpha value is -2.40. The van der Waals surface area contributed by atoms with Crippen LogP contribution in [0.25, 0.3) is 21.9 Å². The molecule has 4 aromatic rings. The Morgan fingerprint density at radius 2 is 1.72 bits per heavy atom. The van der Waals surface area contributed by atoms with Gasteiger partial charge in [0.2, 0.25) is 5.52 Å². The summed E-state index contributed by atoms with van der Waals surface area (Å²) >= 11 is 5.35. The summed E-state index contributed by atoms with van der Waals surface area (Å²) < 4.78 is 7.55. The fourth-order valence-corrected chi connectivity index (χ4v) is 10.2. The van der Waals surface area contributed by atoms with Gasteiger partial charge >= 0.3 is 0 Å². The van der Waals surface area contributed by atoms with Gasteiger partial charge in [0, 0.05) is 24.1 Å². The van der Waals surface area contributed by atoms with E-state index in [4.69, 9.17) is 0 Å². The third-order valence-electron chi connectivity index (χ3n) is 8.69. The highest BCUT2D eigenvalue weighted by Crippen LogP contribution is 2.47. The molecule has 4 nitrogen and oxygen atoms in total. The van der Waals surface area contributed by atoms with Crippen molar-refractivity contribution in [3.05, 3.63) is 107 Å². The lowest BCUT2D eigenvalue weighted by Gasteiger charge is -2.28. The normalized spacial score (nSPS) is 20.6. The van der Waals surface area contributed by atoms with Crippen LogP contribution in [0.3, 0.4) is 0 Å². The predicted octanol–water partition coefficient (Wildman–Crippen LogP) is 3.97. The van der Waals surface area contributed by atoms with Gasteiger partial charge in [-0.05, 0) is 93.4 Å². The van der Waals surface area contributed by atoms with Gasteiger partial charge < -0.3 is 28.9 Å². The SMILES string of the molecule is CCN1C(=CC2=CC3=CC(=c4sc(=Cc5sc6ccccc6[n+]5CC)n(CC)c4=O)CCC3CC2)Sc2ccccc21.[I-]. The smallest absolute Gasteiger partial charge is 0.269 e. The van der Waals surface area contributed by atoms with Crippen LogP contribution in [0, 0.1) is 5.92 Å². The van der Waals surface area contributed by atoms with Crippen LogP contribution in [-0.2, 0) is 13.1 Å². The quantitative estimate of drug-likeness (QED) is 0.230. The molecule has 2 aliphatic carbocycles. The molecule has 0 fully saturated rings. The van der Waals surface area contributed by atoms with Crippen LogP contribution >= 0.6 is 34.4 Å². The van der Waals surface area contributed by atoms with E-state index in [0.29, 0.717) is 12.5 Å². The first-order valence-corrected chi connectivity index (χ1v) is 17.6. The van der Waals surface area contributed by atoms with Crippen LogP contribution in [0.15, 0.2) is 92.6 Å². The lowest BCUT2D eigenvalue weighted by atomic mass is 9.77. The maximum atomic E-state index is 13.7. The number of para-hydroxylation sites is 2. The Morgan fingerprint density at radius 1 is 0.930 bits per heavy atom. The number of halogens is 1. The molecule has 222 valence electrons. The van der Waals surface area contributed by atoms with E-state index in [0.717, 1.165) is 41.5 Å². The van der Waals surface area contributed by atoms with E-state index < -0.39 is 0 Å². The highest BCUT2D eigenvalue weighted by atomic mass is 127. The van der Waals surface area contributed by atoms with Crippen LogP contribution < -0.4 is 48.2 Å². The van der Waals surface area contributed by atoms with Crippen molar-refractivity contribution in [3.8, 4) is 0 Å². The van der Waals surface area contributed by atoms with Crippen LogP contribution in [-0.4, -0.2) is 11.1 Å². The van der Waals surface area contributed by atoms with E-state index in [-0.39, 0.29) is 29.5 Å². The standard InChI is InChI=1S/C35H36N3OS3.HI/c1-4-36-27-11-7-9-13-29(27)40-31(36)20-23-15-16-24-17-18-25(21-26(24)19-23)34-35(39)38(6-3)33(42-34)22-32-37(5-2)28-12-8-10-14-30(28)41-32;/h7-14,19-22,24H,4-6,15-18H2,1-3H3;1H/q+1;/p-1. The number of hydrogen-bond donors (Lipinski definition) is 0. The van der Waals surface area contributed by atoms with E-state index in [1.807, 2.05) is 16.3 Å². The molecule has 2 aromatic carbocycles. The molecule has 0 saturated heterocycles. The molecule has 7 rings (SSSR count). The molecule has 0 bridgehead atoms. The summed E-state index contributed by atoms with van der Waals surface area (Å²) in [7, 11) is 0. The average Bonchev–Trinajstić information content (AvgIpc) is 3.66. The van der Waals surface area contributed by atoms with Crippen LogP contribution in [0.1, 0.15) is 51.5 Å². The molecule has 43 heavy (non-hydrogen) atoms. The van der Waals surface area contributed by atoms with Gasteiger partial charge in [-0.25, -0.2) is 0 Å². The summed E-state index contributed by atoms with van der Waals surface area (Å²) in [5.74, 6) is 0.591. The summed E-state index contributed by atoms with van der Waals surface area (Å²) in [5, 5.41) is 2.51. The van der Waals surface area contributed by atoms with Crippen molar-refractivity contribution in [3.63, 3.8) is 0 Å². The highest BCUT2D eigenvalue weighted by Gasteiger charge is 2.27. The van der Waals surface area contributed by atoms with E-state index in [2.05, 4.69) is 103 Å². The van der Waals surface area contributed by atoms with Crippen molar-refractivity contribution in [2.45, 2.75) is 64.4 Å². The van der Waals surface area contributed by atoms with Gasteiger partial charge in [-0.1, -0.05) is 59.5 Å². The van der Waals surface area contributed by atoms with Crippen LogP contribution in [0.2, 0.25) is 0 Å². The fourth-order valence-electron chi connectivity index (χ4n) is 6.55. The number of rotatable bonds is 5. The number of thioether (sulfide) groups is 1. The molecule has 3 heterocycles. The molecule has 3 aliphatic rings. The van der Waals surface area contributed by atoms with E-state index in [1.165, 1.54) is 54.0 Å². The first-order chi connectivity index (χ1) is 20.6. The van der Waals surface area contributed by atoms with Gasteiger partial charge in [0.05, 0.1) is 21.3 Å². The lowest BCUT2D eigenvalue weighted by molar-refractivity contribution is -0.665. The highest BCUT2D eigenvalue weighted by molar-refractivity contribution is 8.03. The van der Waals surface area contributed by atoms with Gasteiger partial charge in [-0.15, -0.1) is 11.3 Å². The minimum Gasteiger partial charge on any atom is -1.00 e. The van der Waals surface area contributed by atoms with Crippen molar-refractivity contribution < 1.29 is 28.5 Å². The maximum Gasteiger partial charge on any atom is 0.269 e. The topological polar surface area (TPSA) is 29.1 Å². The molecule has 1 unspecified atom stereocenters. The molecule has 0 saturated carbocycles. The maximum absolute atomic E-state index is 13.7. The number of allylic oxidation sites excluding steroid dienone is 5. The Balaban J connectivity index is 0.00000329. The molecule has 0 amide bonds. The van der Waals surface area contributed by atoms with Crippen LogP contribution in [0.5, 0.6) is 0 Å². The number of anilines is 1. The fraction of sp³-hybridized carbons (Fsp3) is 0.314. The van der Waals surface area contributed by atoms with Gasteiger partial charge in [-0.2, -0.15) is 4.57 Å². The summed E-state index contributed by atoms with van der Waals surface area (Å²) in [6, 6.07) is 17.3. The van der Waals surface area contributed by atoms with Crippen molar-refractivity contribution in [2.75, 3.05) is 11.4 Å². The molecule has 1 aliphatic heterocycles. The summed E-state index contributed by atoms with van der Waals surface area (Å²) in [4.78, 5) is 17.5. The van der Waals surface area contributed by atoms with Gasteiger partial charge in [-0.3, -0.25) is 9.36 Å². The number of benzene rings is 2. The number of hydrogen-bond acceptors (Lipinski definition) is 5. The lowest BCUT2D eigenvalue weighted by Crippen LogP contribution is -3.00. The second-order valence-electron chi connectivity index (χ2n) is 11.1. The molecular formula is C35H36IN3OS3. The summed E-state index contributed by atoms with van der Waals surface area (Å²) in [5.41, 5.74) is 6.73. The van der Waals surface area contributed by atoms with Crippen molar-refractivity contribution in [1.29, 1.82) is 0 Å². The molecular weight excluding hydrogens is 702 g/mol. The second kappa shape index (κ2) is 12.9. The first-order valence-electron chi connectivity index (χ1n) is 15.1. The zero-order chi connectivity index (χ0) is 28.8. The van der Waals surface area contributed by atoms with Gasteiger partial charge in [0.15, 0.2) is 0 Å². The van der Waals surface area contributed by atoms with Crippen molar-refractivity contribution in [2.24, 2.45) is 5.92 Å². The Bertz CT molecular complexity index is 1980.